The summed E-state index contributed by atoms with van der Waals surface area (Å²) in [6, 6.07) is 2.63. The summed E-state index contributed by atoms with van der Waals surface area (Å²) in [6.45, 7) is 0. The number of carbonyl (C=O) groups is 1. The normalized spacial score (nSPS) is 19.1. The van der Waals surface area contributed by atoms with Crippen LogP contribution in [0.25, 0.3) is 0 Å². The largest absolute Gasteiger partial charge is 0.416 e. The number of hydrogen-bond donors (Lipinski definition) is 1. The predicted molar refractivity (Wildman–Crippen MR) is 69.0 cm³/mol. The number of amides is 1. The van der Waals surface area contributed by atoms with Crippen LogP contribution in [0.2, 0.25) is 0 Å². The summed E-state index contributed by atoms with van der Waals surface area (Å²) in [6.07, 6.45) is -2.82. The Balaban J connectivity index is 2.67. The van der Waals surface area contributed by atoms with E-state index >= 15 is 0 Å². The van der Waals surface area contributed by atoms with Crippen molar-refractivity contribution in [3.8, 4) is 0 Å². The standard InChI is InChI=1S/C10H7F3INOS/c1-17-8-7-5(10(11,12)13)2-4(14)3-6(7)15-9(8)16/h2-3,8H,1H3,(H,15,16). The molecule has 92 valence electrons. The number of nitrogens with one attached hydrogen (secondary N) is 1. The first-order valence-corrected chi connectivity index (χ1v) is 6.95. The topological polar surface area (TPSA) is 29.1 Å². The fourth-order valence-electron chi connectivity index (χ4n) is 1.79. The average Bonchev–Trinajstić information content (AvgIpc) is 2.50. The SMILES string of the molecule is CSC1C(=O)Nc2cc(I)cc(C(F)(F)F)c21. The van der Waals surface area contributed by atoms with Crippen LogP contribution < -0.4 is 5.32 Å². The summed E-state index contributed by atoms with van der Waals surface area (Å²) in [7, 11) is 0. The van der Waals surface area contributed by atoms with Gasteiger partial charge in [-0.05, 0) is 41.0 Å². The van der Waals surface area contributed by atoms with Crippen molar-refractivity contribution in [3.05, 3.63) is 26.8 Å². The van der Waals surface area contributed by atoms with Gasteiger partial charge < -0.3 is 5.32 Å². The first kappa shape index (κ1) is 13.0. The van der Waals surface area contributed by atoms with Crippen molar-refractivity contribution >= 4 is 45.9 Å². The number of benzene rings is 1. The number of rotatable bonds is 1. The highest BCUT2D eigenvalue weighted by atomic mass is 127. The summed E-state index contributed by atoms with van der Waals surface area (Å²) in [4.78, 5) is 11.6. The first-order valence-electron chi connectivity index (χ1n) is 4.59. The third-order valence-electron chi connectivity index (χ3n) is 2.44. The monoisotopic (exact) mass is 373 g/mol. The van der Waals surface area contributed by atoms with Crippen LogP contribution in [0.4, 0.5) is 18.9 Å². The Labute approximate surface area is 113 Å². The van der Waals surface area contributed by atoms with E-state index in [0.29, 0.717) is 3.57 Å². The summed E-state index contributed by atoms with van der Waals surface area (Å²) >= 11 is 2.91. The first-order chi connectivity index (χ1) is 7.84. The van der Waals surface area contributed by atoms with Crippen molar-refractivity contribution in [1.29, 1.82) is 0 Å². The van der Waals surface area contributed by atoms with Crippen LogP contribution in [0, 0.1) is 3.57 Å². The van der Waals surface area contributed by atoms with Gasteiger partial charge in [-0.15, -0.1) is 11.8 Å². The van der Waals surface area contributed by atoms with Gasteiger partial charge in [0.2, 0.25) is 5.91 Å². The Bertz CT molecular complexity index is 489. The van der Waals surface area contributed by atoms with Crippen LogP contribution in [-0.2, 0) is 11.0 Å². The minimum Gasteiger partial charge on any atom is -0.324 e. The number of hydrogen-bond acceptors (Lipinski definition) is 2. The van der Waals surface area contributed by atoms with Gasteiger partial charge in [0, 0.05) is 14.8 Å². The van der Waals surface area contributed by atoms with Crippen molar-refractivity contribution in [2.24, 2.45) is 0 Å². The maximum atomic E-state index is 12.9. The maximum absolute atomic E-state index is 12.9. The molecule has 0 aromatic heterocycles. The van der Waals surface area contributed by atoms with Gasteiger partial charge in [-0.25, -0.2) is 0 Å². The second-order valence-electron chi connectivity index (χ2n) is 3.52. The third kappa shape index (κ3) is 2.26. The highest BCUT2D eigenvalue weighted by Crippen LogP contribution is 2.46. The van der Waals surface area contributed by atoms with E-state index in [2.05, 4.69) is 5.32 Å². The molecule has 2 nitrogen and oxygen atoms in total. The molecule has 7 heteroatoms. The molecule has 1 heterocycles. The molecule has 1 atom stereocenters. The minimum absolute atomic E-state index is 0.0513. The van der Waals surface area contributed by atoms with Gasteiger partial charge in [0.25, 0.3) is 0 Å². The molecule has 1 unspecified atom stereocenters. The van der Waals surface area contributed by atoms with E-state index in [1.165, 1.54) is 0 Å². The van der Waals surface area contributed by atoms with E-state index in [4.69, 9.17) is 0 Å². The Kier molecular flexibility index (Phi) is 3.32. The number of fused-ring (bicyclic) bond motifs is 1. The van der Waals surface area contributed by atoms with Crippen molar-refractivity contribution in [2.45, 2.75) is 11.4 Å². The molecule has 0 radical (unpaired) electrons. The number of alkyl halides is 3. The number of anilines is 1. The molecule has 2 rings (SSSR count). The highest BCUT2D eigenvalue weighted by molar-refractivity contribution is 14.1. The van der Waals surface area contributed by atoms with Gasteiger partial charge in [0.1, 0.15) is 5.25 Å². The molecule has 1 aromatic rings. The molecular weight excluding hydrogens is 366 g/mol. The summed E-state index contributed by atoms with van der Waals surface area (Å²) < 4.78 is 39.2. The molecule has 0 spiro atoms. The van der Waals surface area contributed by atoms with E-state index in [1.54, 1.807) is 34.9 Å². The quantitative estimate of drug-likeness (QED) is 0.762. The van der Waals surface area contributed by atoms with E-state index in [-0.39, 0.29) is 17.2 Å². The Morgan fingerprint density at radius 2 is 2.06 bits per heavy atom. The Morgan fingerprint density at radius 1 is 1.41 bits per heavy atom. The lowest BCUT2D eigenvalue weighted by atomic mass is 10.0. The zero-order valence-corrected chi connectivity index (χ0v) is 11.5. The zero-order valence-electron chi connectivity index (χ0n) is 8.56. The molecular formula is C10H7F3INOS. The van der Waals surface area contributed by atoms with Gasteiger partial charge in [0.05, 0.1) is 5.56 Å². The zero-order chi connectivity index (χ0) is 12.8. The fraction of sp³-hybridized carbons (Fsp3) is 0.300. The van der Waals surface area contributed by atoms with E-state index < -0.39 is 17.0 Å². The fourth-order valence-corrected chi connectivity index (χ4v) is 3.18. The second-order valence-corrected chi connectivity index (χ2v) is 5.71. The molecule has 0 aliphatic carbocycles. The molecule has 1 amide bonds. The van der Waals surface area contributed by atoms with E-state index in [9.17, 15) is 18.0 Å². The molecule has 1 aliphatic rings. The van der Waals surface area contributed by atoms with Gasteiger partial charge in [0.15, 0.2) is 0 Å². The van der Waals surface area contributed by atoms with Crippen LogP contribution in [-0.4, -0.2) is 12.2 Å². The Hall–Kier alpha value is -0.440. The van der Waals surface area contributed by atoms with Crippen LogP contribution >= 0.6 is 34.4 Å². The number of thioether (sulfide) groups is 1. The summed E-state index contributed by atoms with van der Waals surface area (Å²) in [5.74, 6) is -0.389. The lowest BCUT2D eigenvalue weighted by Gasteiger charge is -2.14. The van der Waals surface area contributed by atoms with Gasteiger partial charge in [-0.1, -0.05) is 0 Å². The van der Waals surface area contributed by atoms with Crippen molar-refractivity contribution in [1.82, 2.24) is 0 Å². The van der Waals surface area contributed by atoms with Gasteiger partial charge in [-0.2, -0.15) is 13.2 Å². The van der Waals surface area contributed by atoms with Gasteiger partial charge >= 0.3 is 6.18 Å². The molecule has 0 bridgehead atoms. The van der Waals surface area contributed by atoms with Crippen LogP contribution in [0.5, 0.6) is 0 Å². The minimum atomic E-state index is -4.44. The van der Waals surface area contributed by atoms with E-state index in [1.807, 2.05) is 0 Å². The molecule has 0 saturated heterocycles. The number of carbonyl (C=O) groups excluding carboxylic acids is 1. The number of halogens is 4. The third-order valence-corrected chi connectivity index (χ3v) is 3.99. The maximum Gasteiger partial charge on any atom is 0.416 e. The average molecular weight is 373 g/mol. The van der Waals surface area contributed by atoms with E-state index in [0.717, 1.165) is 17.8 Å². The lowest BCUT2D eigenvalue weighted by Crippen LogP contribution is -2.12. The van der Waals surface area contributed by atoms with Crippen LogP contribution in [0.1, 0.15) is 16.4 Å². The molecule has 1 aromatic carbocycles. The van der Waals surface area contributed by atoms with Crippen molar-refractivity contribution in [3.63, 3.8) is 0 Å². The summed E-state index contributed by atoms with van der Waals surface area (Å²) in [5.41, 5.74) is -0.402. The van der Waals surface area contributed by atoms with Crippen LogP contribution in [0.3, 0.4) is 0 Å². The predicted octanol–water partition coefficient (Wildman–Crippen LogP) is 3.67. The molecule has 0 fully saturated rings. The molecule has 1 aliphatic heterocycles. The van der Waals surface area contributed by atoms with Crippen LogP contribution in [0.15, 0.2) is 12.1 Å². The second kappa shape index (κ2) is 4.34. The van der Waals surface area contributed by atoms with Crippen molar-refractivity contribution in [2.75, 3.05) is 11.6 Å². The molecule has 0 saturated carbocycles. The van der Waals surface area contributed by atoms with Crippen molar-refractivity contribution < 1.29 is 18.0 Å². The summed E-state index contributed by atoms with van der Waals surface area (Å²) in [5, 5.41) is 1.71. The Morgan fingerprint density at radius 3 is 2.59 bits per heavy atom. The lowest BCUT2D eigenvalue weighted by molar-refractivity contribution is -0.138. The highest BCUT2D eigenvalue weighted by Gasteiger charge is 2.41. The van der Waals surface area contributed by atoms with Gasteiger partial charge in [-0.3, -0.25) is 4.79 Å². The molecule has 1 N–H and O–H groups in total. The smallest absolute Gasteiger partial charge is 0.324 e. The molecule has 17 heavy (non-hydrogen) atoms.